The van der Waals surface area contributed by atoms with Gasteiger partial charge in [0, 0.05) is 0 Å². The van der Waals surface area contributed by atoms with Crippen LogP contribution in [0.15, 0.2) is 18.2 Å². The van der Waals surface area contributed by atoms with Gasteiger partial charge in [0.05, 0.1) is 12.1 Å². The Hall–Kier alpha value is -1.16. The molecular weight excluding hydrogens is 171 g/mol. The zero-order valence-electron chi connectivity index (χ0n) is 7.71. The Morgan fingerprint density at radius 3 is 2.77 bits per heavy atom. The van der Waals surface area contributed by atoms with Gasteiger partial charge in [-0.1, -0.05) is 6.07 Å². The number of pyridine rings is 1. The second-order valence-electron chi connectivity index (χ2n) is 3.51. The molecule has 4 heteroatoms. The molecule has 0 aromatic carbocycles. The van der Waals surface area contributed by atoms with Gasteiger partial charge in [0.25, 0.3) is 0 Å². The Morgan fingerprint density at radius 2 is 2.23 bits per heavy atom. The molecule has 0 unspecified atom stereocenters. The number of aromatic nitrogens is 1. The zero-order valence-corrected chi connectivity index (χ0v) is 7.71. The predicted molar refractivity (Wildman–Crippen MR) is 49.0 cm³/mol. The highest BCUT2D eigenvalue weighted by Crippen LogP contribution is 2.11. The van der Waals surface area contributed by atoms with E-state index in [9.17, 15) is 4.39 Å². The summed E-state index contributed by atoms with van der Waals surface area (Å²) in [6.07, 6.45) is 0. The molecule has 1 aromatic heterocycles. The van der Waals surface area contributed by atoms with E-state index < -0.39 is 11.5 Å². The van der Waals surface area contributed by atoms with Crippen LogP contribution in [0.3, 0.4) is 0 Å². The third kappa shape index (κ3) is 2.99. The monoisotopic (exact) mass is 184 g/mol. The van der Waals surface area contributed by atoms with Crippen molar-refractivity contribution >= 4 is 5.82 Å². The van der Waals surface area contributed by atoms with Crippen LogP contribution in [-0.2, 0) is 0 Å². The first-order valence-electron chi connectivity index (χ1n) is 4.05. The second-order valence-corrected chi connectivity index (χ2v) is 3.51. The molecule has 0 radical (unpaired) electrons. The molecule has 0 saturated heterocycles. The summed E-state index contributed by atoms with van der Waals surface area (Å²) in [5, 5.41) is 11.8. The normalized spacial score (nSPS) is 11.4. The van der Waals surface area contributed by atoms with Crippen molar-refractivity contribution < 1.29 is 9.50 Å². The van der Waals surface area contributed by atoms with E-state index in [0.29, 0.717) is 5.82 Å². The molecule has 0 spiro atoms. The molecule has 1 aromatic rings. The van der Waals surface area contributed by atoms with Crippen molar-refractivity contribution in [2.24, 2.45) is 0 Å². The van der Waals surface area contributed by atoms with Crippen LogP contribution in [0.2, 0.25) is 0 Å². The molecule has 0 amide bonds. The number of hydrogen-bond acceptors (Lipinski definition) is 3. The van der Waals surface area contributed by atoms with Crippen molar-refractivity contribution in [3.8, 4) is 0 Å². The van der Waals surface area contributed by atoms with Crippen molar-refractivity contribution in [1.82, 2.24) is 4.98 Å². The molecule has 13 heavy (non-hydrogen) atoms. The van der Waals surface area contributed by atoms with Gasteiger partial charge < -0.3 is 10.4 Å². The fraction of sp³-hybridized carbons (Fsp3) is 0.444. The fourth-order valence-electron chi connectivity index (χ4n) is 0.864. The summed E-state index contributed by atoms with van der Waals surface area (Å²) in [6, 6.07) is 4.50. The Balaban J connectivity index is 2.74. The van der Waals surface area contributed by atoms with E-state index in [-0.39, 0.29) is 6.61 Å². The lowest BCUT2D eigenvalue weighted by atomic mass is 10.1. The molecule has 0 atom stereocenters. The highest BCUT2D eigenvalue weighted by Gasteiger charge is 2.16. The Labute approximate surface area is 76.6 Å². The van der Waals surface area contributed by atoms with Crippen molar-refractivity contribution in [3.63, 3.8) is 0 Å². The maximum Gasteiger partial charge on any atom is 0.214 e. The van der Waals surface area contributed by atoms with E-state index >= 15 is 0 Å². The van der Waals surface area contributed by atoms with Crippen molar-refractivity contribution in [2.75, 3.05) is 11.9 Å². The van der Waals surface area contributed by atoms with Crippen molar-refractivity contribution in [1.29, 1.82) is 0 Å². The minimum atomic E-state index is -0.529. The maximum atomic E-state index is 12.6. The Morgan fingerprint density at radius 1 is 1.54 bits per heavy atom. The van der Waals surface area contributed by atoms with Gasteiger partial charge in [0.2, 0.25) is 5.95 Å². The summed E-state index contributed by atoms with van der Waals surface area (Å²) < 4.78 is 12.6. The van der Waals surface area contributed by atoms with Gasteiger partial charge in [-0.3, -0.25) is 0 Å². The number of aliphatic hydroxyl groups excluding tert-OH is 1. The summed E-state index contributed by atoms with van der Waals surface area (Å²) in [7, 11) is 0. The number of hydrogen-bond donors (Lipinski definition) is 2. The molecule has 3 nitrogen and oxygen atoms in total. The number of rotatable bonds is 3. The smallest absolute Gasteiger partial charge is 0.214 e. The molecule has 0 aliphatic heterocycles. The van der Waals surface area contributed by atoms with Crippen LogP contribution in [0.1, 0.15) is 13.8 Å². The molecule has 0 fully saturated rings. The summed E-state index contributed by atoms with van der Waals surface area (Å²) in [5.74, 6) is -0.0993. The largest absolute Gasteiger partial charge is 0.394 e. The number of halogens is 1. The van der Waals surface area contributed by atoms with Crippen LogP contribution in [0, 0.1) is 5.95 Å². The molecule has 72 valence electrons. The lowest BCUT2D eigenvalue weighted by molar-refractivity contribution is 0.233. The Kier molecular flexibility index (Phi) is 2.83. The van der Waals surface area contributed by atoms with E-state index in [1.807, 2.05) is 0 Å². The fourth-order valence-corrected chi connectivity index (χ4v) is 0.864. The standard InChI is InChI=1S/C9H13FN2O/c1-9(2,6-13)12-8-5-3-4-7(10)11-8/h3-5,13H,6H2,1-2H3,(H,11,12). The SMILES string of the molecule is CC(C)(CO)Nc1cccc(F)n1. The molecule has 1 rings (SSSR count). The second kappa shape index (κ2) is 3.70. The number of nitrogens with one attached hydrogen (secondary N) is 1. The van der Waals surface area contributed by atoms with Crippen LogP contribution in [0.25, 0.3) is 0 Å². The van der Waals surface area contributed by atoms with Gasteiger partial charge in [-0.15, -0.1) is 0 Å². The van der Waals surface area contributed by atoms with E-state index in [0.717, 1.165) is 0 Å². The quantitative estimate of drug-likeness (QED) is 0.698. The number of anilines is 1. The van der Waals surface area contributed by atoms with Crippen LogP contribution >= 0.6 is 0 Å². The zero-order chi connectivity index (χ0) is 9.90. The molecule has 0 aliphatic rings. The van der Waals surface area contributed by atoms with Crippen LogP contribution in [0.5, 0.6) is 0 Å². The molecule has 0 saturated carbocycles. The van der Waals surface area contributed by atoms with Gasteiger partial charge in [0.15, 0.2) is 0 Å². The summed E-state index contributed by atoms with van der Waals surface area (Å²) in [6.45, 7) is 3.57. The predicted octanol–water partition coefficient (Wildman–Crippen LogP) is 1.40. The van der Waals surface area contributed by atoms with Crippen molar-refractivity contribution in [2.45, 2.75) is 19.4 Å². The molecule has 2 N–H and O–H groups in total. The summed E-state index contributed by atoms with van der Waals surface area (Å²) >= 11 is 0. The van der Waals surface area contributed by atoms with Crippen molar-refractivity contribution in [3.05, 3.63) is 24.1 Å². The maximum absolute atomic E-state index is 12.6. The highest BCUT2D eigenvalue weighted by atomic mass is 19.1. The van der Waals surface area contributed by atoms with E-state index in [1.165, 1.54) is 6.07 Å². The average molecular weight is 184 g/mol. The van der Waals surface area contributed by atoms with Gasteiger partial charge in [0.1, 0.15) is 5.82 Å². The van der Waals surface area contributed by atoms with Gasteiger partial charge in [-0.2, -0.15) is 4.39 Å². The number of aliphatic hydroxyl groups is 1. The summed E-state index contributed by atoms with van der Waals surface area (Å²) in [4.78, 5) is 3.62. The molecular formula is C9H13FN2O. The van der Waals surface area contributed by atoms with E-state index in [4.69, 9.17) is 5.11 Å². The molecule has 0 aliphatic carbocycles. The minimum Gasteiger partial charge on any atom is -0.394 e. The molecule has 1 heterocycles. The van der Waals surface area contributed by atoms with Crippen LogP contribution in [0.4, 0.5) is 10.2 Å². The summed E-state index contributed by atoms with van der Waals surface area (Å²) in [5.41, 5.74) is -0.485. The van der Waals surface area contributed by atoms with Crippen LogP contribution < -0.4 is 5.32 Å². The third-order valence-corrected chi connectivity index (χ3v) is 1.58. The Bertz CT molecular complexity index is 289. The lowest BCUT2D eigenvalue weighted by Crippen LogP contribution is -2.35. The van der Waals surface area contributed by atoms with Gasteiger partial charge in [-0.05, 0) is 26.0 Å². The van der Waals surface area contributed by atoms with Gasteiger partial charge >= 0.3 is 0 Å². The van der Waals surface area contributed by atoms with E-state index in [2.05, 4.69) is 10.3 Å². The highest BCUT2D eigenvalue weighted by molar-refractivity contribution is 5.36. The minimum absolute atomic E-state index is 0.0365. The topological polar surface area (TPSA) is 45.1 Å². The lowest BCUT2D eigenvalue weighted by Gasteiger charge is -2.23. The third-order valence-electron chi connectivity index (χ3n) is 1.58. The van der Waals surface area contributed by atoms with Gasteiger partial charge in [-0.25, -0.2) is 4.98 Å². The first-order chi connectivity index (χ1) is 6.03. The first-order valence-corrected chi connectivity index (χ1v) is 4.05. The average Bonchev–Trinajstić information content (AvgIpc) is 2.03. The van der Waals surface area contributed by atoms with E-state index in [1.54, 1.807) is 26.0 Å². The number of nitrogens with zero attached hydrogens (tertiary/aromatic N) is 1. The molecule has 0 bridgehead atoms. The first kappa shape index (κ1) is 9.92. The van der Waals surface area contributed by atoms with Crippen LogP contribution in [-0.4, -0.2) is 22.2 Å².